The molecular weight excluding hydrogens is 281 g/mol. The quantitative estimate of drug-likeness (QED) is 0.832. The molecule has 0 unspecified atom stereocenters. The lowest BCUT2D eigenvalue weighted by atomic mass is 10.1. The molecule has 3 N–H and O–H groups in total. The van der Waals surface area contributed by atoms with Gasteiger partial charge in [0.05, 0.1) is 6.42 Å². The first-order valence-electron chi connectivity index (χ1n) is 5.95. The van der Waals surface area contributed by atoms with Gasteiger partial charge >= 0.3 is 0 Å². The zero-order valence-corrected chi connectivity index (χ0v) is 11.3. The second-order valence-electron chi connectivity index (χ2n) is 4.29. The minimum absolute atomic E-state index is 0.0651. The number of pyridine rings is 1. The van der Waals surface area contributed by atoms with E-state index in [0.717, 1.165) is 5.56 Å². The maximum Gasteiger partial charge on any atom is 0.221 e. The largest absolute Gasteiger partial charge is 0.381 e. The van der Waals surface area contributed by atoms with Gasteiger partial charge in [0, 0.05) is 24.0 Å². The van der Waals surface area contributed by atoms with Crippen molar-refractivity contribution in [1.82, 2.24) is 4.98 Å². The van der Waals surface area contributed by atoms with E-state index in [1.165, 1.54) is 18.3 Å². The van der Waals surface area contributed by atoms with Crippen molar-refractivity contribution < 1.29 is 9.18 Å². The van der Waals surface area contributed by atoms with E-state index in [9.17, 15) is 9.18 Å². The van der Waals surface area contributed by atoms with Crippen LogP contribution in [0, 0.1) is 5.82 Å². The molecule has 1 aromatic heterocycles. The first-order valence-corrected chi connectivity index (χ1v) is 6.33. The summed E-state index contributed by atoms with van der Waals surface area (Å²) in [5, 5.41) is 3.41. The molecule has 1 amide bonds. The van der Waals surface area contributed by atoms with Gasteiger partial charge < -0.3 is 11.1 Å². The number of carbonyl (C=O) groups is 1. The van der Waals surface area contributed by atoms with E-state index in [4.69, 9.17) is 17.3 Å². The number of amides is 1. The number of nitrogens with zero attached hydrogens (tertiary/aromatic N) is 1. The van der Waals surface area contributed by atoms with Crippen molar-refractivity contribution in [3.05, 3.63) is 58.6 Å². The van der Waals surface area contributed by atoms with Crippen molar-refractivity contribution in [2.24, 2.45) is 5.73 Å². The molecule has 1 aromatic carbocycles. The summed E-state index contributed by atoms with van der Waals surface area (Å²) in [6.45, 7) is 0.407. The Bertz CT molecular complexity index is 634. The fourth-order valence-electron chi connectivity index (χ4n) is 1.80. The summed E-state index contributed by atoms with van der Waals surface area (Å²) in [7, 11) is 0. The molecule has 0 aliphatic heterocycles. The Balaban J connectivity index is 2.15. The summed E-state index contributed by atoms with van der Waals surface area (Å²) in [6, 6.07) is 7.86. The Labute approximate surface area is 120 Å². The van der Waals surface area contributed by atoms with E-state index in [2.05, 4.69) is 10.3 Å². The third-order valence-corrected chi connectivity index (χ3v) is 2.90. The van der Waals surface area contributed by atoms with Crippen LogP contribution in [0.2, 0.25) is 5.15 Å². The van der Waals surface area contributed by atoms with Gasteiger partial charge in [0.1, 0.15) is 11.0 Å². The third kappa shape index (κ3) is 3.93. The van der Waals surface area contributed by atoms with E-state index < -0.39 is 5.91 Å². The molecule has 1 heterocycles. The second kappa shape index (κ2) is 6.34. The second-order valence-corrected chi connectivity index (χ2v) is 4.68. The van der Waals surface area contributed by atoms with Crippen LogP contribution in [0.5, 0.6) is 0 Å². The lowest BCUT2D eigenvalue weighted by Gasteiger charge is -2.11. The van der Waals surface area contributed by atoms with Crippen molar-refractivity contribution >= 4 is 23.2 Å². The van der Waals surface area contributed by atoms with Gasteiger partial charge in [0.15, 0.2) is 0 Å². The van der Waals surface area contributed by atoms with E-state index in [-0.39, 0.29) is 12.2 Å². The summed E-state index contributed by atoms with van der Waals surface area (Å²) in [6.07, 6.45) is 1.57. The molecule has 0 atom stereocenters. The van der Waals surface area contributed by atoms with Gasteiger partial charge in [0.2, 0.25) is 5.91 Å². The molecule has 0 bridgehead atoms. The number of hydrogen-bond acceptors (Lipinski definition) is 3. The van der Waals surface area contributed by atoms with Crippen LogP contribution in [0.25, 0.3) is 0 Å². The number of primary amides is 1. The van der Waals surface area contributed by atoms with Gasteiger partial charge in [-0.2, -0.15) is 0 Å². The lowest BCUT2D eigenvalue weighted by molar-refractivity contribution is -0.117. The van der Waals surface area contributed by atoms with Gasteiger partial charge in [-0.15, -0.1) is 0 Å². The number of halogens is 2. The van der Waals surface area contributed by atoms with E-state index in [0.29, 0.717) is 22.9 Å². The standard InChI is InChI=1S/C14H13ClFN3O/c15-13-6-12(10(8-19-13)5-14(17)20)18-7-9-2-1-3-11(16)4-9/h1-4,6,8H,5,7H2,(H2,17,20)(H,18,19). The van der Waals surface area contributed by atoms with E-state index >= 15 is 0 Å². The van der Waals surface area contributed by atoms with Crippen LogP contribution in [0.3, 0.4) is 0 Å². The summed E-state index contributed by atoms with van der Waals surface area (Å²) >= 11 is 5.83. The predicted octanol–water partition coefficient (Wildman–Crippen LogP) is 2.51. The maximum absolute atomic E-state index is 13.1. The zero-order valence-electron chi connectivity index (χ0n) is 10.6. The summed E-state index contributed by atoms with van der Waals surface area (Å²) in [5.74, 6) is -0.752. The van der Waals surface area contributed by atoms with Crippen LogP contribution < -0.4 is 11.1 Å². The third-order valence-electron chi connectivity index (χ3n) is 2.69. The number of aromatic nitrogens is 1. The van der Waals surface area contributed by atoms with E-state index in [1.807, 2.05) is 0 Å². The average Bonchev–Trinajstić information content (AvgIpc) is 2.39. The van der Waals surface area contributed by atoms with Gasteiger partial charge in [-0.1, -0.05) is 23.7 Å². The normalized spacial score (nSPS) is 10.3. The molecule has 4 nitrogen and oxygen atoms in total. The van der Waals surface area contributed by atoms with Gasteiger partial charge in [0.25, 0.3) is 0 Å². The number of nitrogens with one attached hydrogen (secondary N) is 1. The molecule has 0 spiro atoms. The molecule has 0 radical (unpaired) electrons. The number of carbonyl (C=O) groups excluding carboxylic acids is 1. The molecular formula is C14H13ClFN3O. The number of rotatable bonds is 5. The molecule has 0 aliphatic carbocycles. The number of anilines is 1. The van der Waals surface area contributed by atoms with Gasteiger partial charge in [-0.3, -0.25) is 4.79 Å². The SMILES string of the molecule is NC(=O)Cc1cnc(Cl)cc1NCc1cccc(F)c1. The molecule has 2 rings (SSSR count). The Kier molecular flexibility index (Phi) is 4.53. The fraction of sp³-hybridized carbons (Fsp3) is 0.143. The Morgan fingerprint density at radius 2 is 2.20 bits per heavy atom. The maximum atomic E-state index is 13.1. The van der Waals surface area contributed by atoms with Crippen LogP contribution >= 0.6 is 11.6 Å². The van der Waals surface area contributed by atoms with Crippen molar-refractivity contribution in [2.75, 3.05) is 5.32 Å². The summed E-state index contributed by atoms with van der Waals surface area (Å²) in [4.78, 5) is 14.9. The van der Waals surface area contributed by atoms with Crippen LogP contribution in [0.1, 0.15) is 11.1 Å². The average molecular weight is 294 g/mol. The smallest absolute Gasteiger partial charge is 0.221 e. The molecule has 0 fully saturated rings. The van der Waals surface area contributed by atoms with Crippen LogP contribution in [0.4, 0.5) is 10.1 Å². The molecule has 6 heteroatoms. The Morgan fingerprint density at radius 1 is 1.40 bits per heavy atom. The molecule has 0 saturated carbocycles. The van der Waals surface area contributed by atoms with Crippen molar-refractivity contribution in [1.29, 1.82) is 0 Å². The van der Waals surface area contributed by atoms with Crippen LogP contribution in [-0.4, -0.2) is 10.9 Å². The molecule has 2 aromatic rings. The highest BCUT2D eigenvalue weighted by atomic mass is 35.5. The molecule has 0 aliphatic rings. The minimum Gasteiger partial charge on any atom is -0.381 e. The number of nitrogens with two attached hydrogens (primary N) is 1. The van der Waals surface area contributed by atoms with Crippen molar-refractivity contribution in [3.8, 4) is 0 Å². The molecule has 20 heavy (non-hydrogen) atoms. The highest BCUT2D eigenvalue weighted by Gasteiger charge is 2.07. The monoisotopic (exact) mass is 293 g/mol. The molecule has 0 saturated heterocycles. The predicted molar refractivity (Wildman–Crippen MR) is 75.9 cm³/mol. The number of benzene rings is 1. The van der Waals surface area contributed by atoms with Crippen molar-refractivity contribution in [3.63, 3.8) is 0 Å². The molecule has 104 valence electrons. The van der Waals surface area contributed by atoms with Crippen LogP contribution in [0.15, 0.2) is 36.5 Å². The fourth-order valence-corrected chi connectivity index (χ4v) is 1.95. The Hall–Kier alpha value is -2.14. The topological polar surface area (TPSA) is 68.0 Å². The Morgan fingerprint density at radius 3 is 2.90 bits per heavy atom. The summed E-state index contributed by atoms with van der Waals surface area (Å²) < 4.78 is 13.1. The highest BCUT2D eigenvalue weighted by Crippen LogP contribution is 2.20. The highest BCUT2D eigenvalue weighted by molar-refractivity contribution is 6.29. The number of hydrogen-bond donors (Lipinski definition) is 2. The summed E-state index contributed by atoms with van der Waals surface area (Å²) in [5.41, 5.74) is 7.27. The van der Waals surface area contributed by atoms with Crippen molar-refractivity contribution in [2.45, 2.75) is 13.0 Å². The van der Waals surface area contributed by atoms with Gasteiger partial charge in [-0.05, 0) is 23.8 Å². The first kappa shape index (κ1) is 14.3. The first-order chi connectivity index (χ1) is 9.54. The van der Waals surface area contributed by atoms with Crippen LogP contribution in [-0.2, 0) is 17.8 Å². The zero-order chi connectivity index (χ0) is 14.5. The van der Waals surface area contributed by atoms with E-state index in [1.54, 1.807) is 18.2 Å². The van der Waals surface area contributed by atoms with Gasteiger partial charge in [-0.25, -0.2) is 9.37 Å². The lowest BCUT2D eigenvalue weighted by Crippen LogP contribution is -2.15. The minimum atomic E-state index is -0.456.